The third kappa shape index (κ3) is 4.05. The second-order valence-electron chi connectivity index (χ2n) is 4.52. The van der Waals surface area contributed by atoms with Gasteiger partial charge in [0.15, 0.2) is 5.69 Å². The number of ether oxygens (including phenoxy) is 1. The van der Waals surface area contributed by atoms with Crippen molar-refractivity contribution in [2.24, 2.45) is 0 Å². The van der Waals surface area contributed by atoms with Crippen LogP contribution in [0.25, 0.3) is 5.69 Å². The number of carboxylic acid groups (broad SMARTS) is 1. The molecule has 1 heterocycles. The summed E-state index contributed by atoms with van der Waals surface area (Å²) in [5.74, 6) is -2.65. The summed E-state index contributed by atoms with van der Waals surface area (Å²) in [5.41, 5.74) is -1.39. The quantitative estimate of drug-likeness (QED) is 0.292. The van der Waals surface area contributed by atoms with E-state index in [-0.39, 0.29) is 47.2 Å². The van der Waals surface area contributed by atoms with Crippen molar-refractivity contribution in [2.45, 2.75) is 13.3 Å². The zero-order chi connectivity index (χ0) is 17.1. The number of nitrogens with zero attached hydrogens (tertiary/aromatic N) is 2. The first-order chi connectivity index (χ1) is 10.9. The van der Waals surface area contributed by atoms with E-state index in [4.69, 9.17) is 0 Å². The fourth-order valence-electron chi connectivity index (χ4n) is 2.13. The minimum absolute atomic E-state index is 0. The fraction of sp³-hybridized carbons (Fsp3) is 0.200. The Balaban J connectivity index is 0.00000288. The topological polar surface area (TPSA) is 101 Å². The van der Waals surface area contributed by atoms with Crippen LogP contribution in [0.1, 0.15) is 33.5 Å². The van der Waals surface area contributed by atoms with Crippen molar-refractivity contribution in [3.63, 3.8) is 0 Å². The molecule has 1 aromatic heterocycles. The van der Waals surface area contributed by atoms with Crippen molar-refractivity contribution in [3.05, 3.63) is 55.0 Å². The number of methoxy groups -OCH3 is 1. The summed E-state index contributed by atoms with van der Waals surface area (Å²) in [6.07, 6.45) is 0.284. The third-order valence-electron chi connectivity index (χ3n) is 3.18. The molecule has 0 aliphatic carbocycles. The van der Waals surface area contributed by atoms with Gasteiger partial charge in [-0.3, -0.25) is 4.79 Å². The van der Waals surface area contributed by atoms with E-state index in [1.807, 2.05) is 0 Å². The van der Waals surface area contributed by atoms with E-state index in [1.54, 1.807) is 31.2 Å². The number of hydrogen-bond acceptors (Lipinski definition) is 6. The summed E-state index contributed by atoms with van der Waals surface area (Å²) in [4.78, 5) is 35.4. The Hall–Kier alpha value is -1.23. The van der Waals surface area contributed by atoms with Crippen LogP contribution >= 0.6 is 22.6 Å². The summed E-state index contributed by atoms with van der Waals surface area (Å²) < 4.78 is 6.84. The Morgan fingerprint density at radius 3 is 2.33 bits per heavy atom. The summed E-state index contributed by atoms with van der Waals surface area (Å²) >= 11 is 2.12. The molecule has 0 spiro atoms. The number of halogens is 1. The summed E-state index contributed by atoms with van der Waals surface area (Å²) in [6, 6.07) is 7.01. The number of hydrogen-bond donors (Lipinski definition) is 0. The van der Waals surface area contributed by atoms with E-state index >= 15 is 0 Å². The average molecular weight is 450 g/mol. The van der Waals surface area contributed by atoms with E-state index in [0.29, 0.717) is 5.69 Å². The second-order valence-corrected chi connectivity index (χ2v) is 5.77. The summed E-state index contributed by atoms with van der Waals surface area (Å²) in [6.45, 7) is 1.73. The molecule has 0 unspecified atom stereocenters. The molecule has 2 aromatic rings. The Morgan fingerprint density at radius 1 is 1.29 bits per heavy atom. The van der Waals surface area contributed by atoms with Gasteiger partial charge in [-0.15, -0.1) is 0 Å². The maximum atomic E-state index is 12.2. The van der Waals surface area contributed by atoms with Crippen molar-refractivity contribution in [1.29, 1.82) is 0 Å². The van der Waals surface area contributed by atoms with Gasteiger partial charge < -0.3 is 14.6 Å². The molecule has 0 amide bonds. The molecule has 0 bridgehead atoms. The standard InChI is InChI=1S/C15H13IN2O5.Na/c1-3-10-11(15(22)23-2)13(19)12(14(20)21)17-18(10)9-6-4-8(16)5-7-9;/h4-7H,3H2,1-2H3,(H,20,21);/q;+1/p-1. The molecule has 1 aromatic carbocycles. The molecular formula is C15H12IN2NaO5. The molecule has 2 rings (SSSR count). The van der Waals surface area contributed by atoms with Crippen LogP contribution in [0.4, 0.5) is 0 Å². The molecule has 0 fully saturated rings. The smallest absolute Gasteiger partial charge is 0.543 e. The Kier molecular flexibility index (Phi) is 7.58. The van der Waals surface area contributed by atoms with Gasteiger partial charge in [-0.25, -0.2) is 9.48 Å². The van der Waals surface area contributed by atoms with Crippen LogP contribution in [0.3, 0.4) is 0 Å². The number of rotatable bonds is 4. The van der Waals surface area contributed by atoms with Crippen molar-refractivity contribution in [3.8, 4) is 5.69 Å². The molecule has 0 N–H and O–H groups in total. The molecular weight excluding hydrogens is 438 g/mol. The number of carbonyl (C=O) groups is 2. The second kappa shape index (κ2) is 8.75. The molecule has 0 saturated carbocycles. The average Bonchev–Trinajstić information content (AvgIpc) is 2.54. The van der Waals surface area contributed by atoms with Crippen molar-refractivity contribution >= 4 is 34.5 Å². The van der Waals surface area contributed by atoms with Gasteiger partial charge in [-0.2, -0.15) is 5.10 Å². The molecule has 0 saturated heterocycles. The van der Waals surface area contributed by atoms with Crippen LogP contribution < -0.4 is 40.1 Å². The molecule has 0 radical (unpaired) electrons. The number of aromatic carboxylic acids is 1. The Labute approximate surface area is 173 Å². The number of carbonyl (C=O) groups excluding carboxylic acids is 2. The number of benzene rings is 1. The first-order valence-corrected chi connectivity index (χ1v) is 7.70. The minimum atomic E-state index is -1.75. The first-order valence-electron chi connectivity index (χ1n) is 6.62. The normalized spacial score (nSPS) is 9.96. The molecule has 120 valence electrons. The molecule has 0 atom stereocenters. The van der Waals surface area contributed by atoms with Gasteiger partial charge in [0.1, 0.15) is 5.56 Å². The monoisotopic (exact) mass is 450 g/mol. The van der Waals surface area contributed by atoms with E-state index in [9.17, 15) is 19.5 Å². The number of carboxylic acids is 1. The maximum absolute atomic E-state index is 12.2. The van der Waals surface area contributed by atoms with Crippen molar-refractivity contribution in [1.82, 2.24) is 9.78 Å². The number of aromatic nitrogens is 2. The summed E-state index contributed by atoms with van der Waals surface area (Å²) in [7, 11) is 1.12. The number of esters is 1. The van der Waals surface area contributed by atoms with E-state index in [0.717, 1.165) is 10.7 Å². The van der Waals surface area contributed by atoms with Crippen LogP contribution in [0.5, 0.6) is 0 Å². The predicted molar refractivity (Wildman–Crippen MR) is 87.6 cm³/mol. The van der Waals surface area contributed by atoms with E-state index in [1.165, 1.54) is 4.68 Å². The van der Waals surface area contributed by atoms with Crippen LogP contribution in [0.15, 0.2) is 29.1 Å². The van der Waals surface area contributed by atoms with Gasteiger partial charge in [-0.05, 0) is 53.3 Å². The maximum Gasteiger partial charge on any atom is 1.00 e. The van der Waals surface area contributed by atoms with Crippen LogP contribution in [-0.2, 0) is 11.2 Å². The van der Waals surface area contributed by atoms with Crippen LogP contribution in [-0.4, -0.2) is 28.8 Å². The minimum Gasteiger partial charge on any atom is -0.543 e. The zero-order valence-electron chi connectivity index (χ0n) is 13.3. The zero-order valence-corrected chi connectivity index (χ0v) is 17.5. The molecule has 0 aliphatic heterocycles. The first kappa shape index (κ1) is 20.8. The molecule has 0 aliphatic rings. The van der Waals surface area contributed by atoms with Crippen LogP contribution in [0, 0.1) is 3.57 Å². The Morgan fingerprint density at radius 2 is 1.88 bits per heavy atom. The molecule has 7 nitrogen and oxygen atoms in total. The fourth-order valence-corrected chi connectivity index (χ4v) is 2.49. The van der Waals surface area contributed by atoms with Gasteiger partial charge in [-0.1, -0.05) is 6.92 Å². The van der Waals surface area contributed by atoms with Gasteiger partial charge in [0.25, 0.3) is 0 Å². The van der Waals surface area contributed by atoms with Gasteiger partial charge in [0, 0.05) is 3.57 Å². The SMILES string of the molecule is CCc1c(C(=O)OC)c(=O)c(C(=O)[O-])nn1-c1ccc(I)cc1.[Na+]. The van der Waals surface area contributed by atoms with Crippen molar-refractivity contribution in [2.75, 3.05) is 7.11 Å². The van der Waals surface area contributed by atoms with Gasteiger partial charge in [0.05, 0.1) is 24.5 Å². The van der Waals surface area contributed by atoms with E-state index in [2.05, 4.69) is 32.4 Å². The summed E-state index contributed by atoms with van der Waals surface area (Å²) in [5, 5.41) is 15.0. The van der Waals surface area contributed by atoms with Gasteiger partial charge in [0.2, 0.25) is 5.43 Å². The predicted octanol–water partition coefficient (Wildman–Crippen LogP) is -2.45. The third-order valence-corrected chi connectivity index (χ3v) is 3.89. The molecule has 9 heteroatoms. The largest absolute Gasteiger partial charge is 1.00 e. The molecule has 24 heavy (non-hydrogen) atoms. The van der Waals surface area contributed by atoms with Crippen molar-refractivity contribution < 1.29 is 49.0 Å². The van der Waals surface area contributed by atoms with Gasteiger partial charge >= 0.3 is 35.5 Å². The van der Waals surface area contributed by atoms with Crippen LogP contribution in [0.2, 0.25) is 0 Å². The Bertz CT molecular complexity index is 833. The van der Waals surface area contributed by atoms with E-state index < -0.39 is 23.1 Å².